The molecule has 0 N–H and O–H groups in total. The van der Waals surface area contributed by atoms with E-state index in [-0.39, 0.29) is 0 Å². The number of benzene rings is 6. The van der Waals surface area contributed by atoms with Crippen LogP contribution < -0.4 is 0 Å². The van der Waals surface area contributed by atoms with Gasteiger partial charge in [-0.15, -0.1) is 0 Å². The van der Waals surface area contributed by atoms with E-state index in [0.717, 1.165) is 17.0 Å². The molecule has 0 aliphatic rings. The van der Waals surface area contributed by atoms with E-state index in [1.807, 2.05) is 0 Å². The quantitative estimate of drug-likeness (QED) is 0.207. The fourth-order valence-corrected chi connectivity index (χ4v) is 6.73. The van der Waals surface area contributed by atoms with Gasteiger partial charge in [0.05, 0.1) is 22.1 Å². The summed E-state index contributed by atoms with van der Waals surface area (Å²) in [5.41, 5.74) is 13.0. The van der Waals surface area contributed by atoms with Gasteiger partial charge < -0.3 is 4.57 Å². The number of para-hydroxylation sites is 4. The minimum absolute atomic E-state index is 1.14. The maximum atomic E-state index is 2.47. The molecule has 3 heteroatoms. The van der Waals surface area contributed by atoms with Crippen molar-refractivity contribution in [1.82, 2.24) is 13.5 Å². The molecule has 0 atom stereocenters. The number of imidazole rings is 1. The predicted octanol–water partition coefficient (Wildman–Crippen LogP) is 10.3. The van der Waals surface area contributed by atoms with Gasteiger partial charge in [0.2, 0.25) is 0 Å². The van der Waals surface area contributed by atoms with E-state index in [4.69, 9.17) is 0 Å². The molecule has 0 amide bonds. The van der Waals surface area contributed by atoms with Crippen LogP contribution in [0, 0.1) is 0 Å². The Bertz CT molecular complexity index is 2370. The molecule has 0 aliphatic heterocycles. The molecule has 9 rings (SSSR count). The first-order valence-electron chi connectivity index (χ1n) is 14.7. The van der Waals surface area contributed by atoms with Crippen molar-refractivity contribution in [2.24, 2.45) is 0 Å². The molecule has 0 fully saturated rings. The van der Waals surface area contributed by atoms with E-state index in [1.54, 1.807) is 0 Å². The van der Waals surface area contributed by atoms with Crippen LogP contribution in [0.1, 0.15) is 0 Å². The van der Waals surface area contributed by atoms with E-state index >= 15 is 0 Å². The highest BCUT2D eigenvalue weighted by Crippen LogP contribution is 2.41. The number of rotatable bonds is 4. The lowest BCUT2D eigenvalue weighted by Gasteiger charge is -2.14. The maximum Gasteiger partial charge on any atom is 0.147 e. The van der Waals surface area contributed by atoms with Crippen molar-refractivity contribution in [2.45, 2.75) is 0 Å². The summed E-state index contributed by atoms with van der Waals surface area (Å²) in [5, 5.41) is 2.49. The Labute approximate surface area is 249 Å². The van der Waals surface area contributed by atoms with Crippen LogP contribution in [-0.2, 0) is 0 Å². The molecule has 0 saturated heterocycles. The largest absolute Gasteiger partial charge is 0.306 e. The SMILES string of the molecule is c1ccc(-c2cc(-c3ccccc3)cc(-n3c4ccccc4c4cn5c6ccccc6n(-c6ccccc6)c5c43)c2)cc1. The van der Waals surface area contributed by atoms with Crippen LogP contribution >= 0.6 is 0 Å². The average Bonchev–Trinajstić information content (AvgIpc) is 3.72. The fraction of sp³-hybridized carbons (Fsp3) is 0. The summed E-state index contributed by atoms with van der Waals surface area (Å²) < 4.78 is 7.25. The molecule has 0 aliphatic carbocycles. The van der Waals surface area contributed by atoms with Crippen LogP contribution in [-0.4, -0.2) is 13.5 Å². The van der Waals surface area contributed by atoms with Crippen LogP contribution in [0.3, 0.4) is 0 Å². The van der Waals surface area contributed by atoms with Gasteiger partial charge in [-0.3, -0.25) is 8.97 Å². The number of fused-ring (bicyclic) bond motifs is 7. The van der Waals surface area contributed by atoms with Crippen molar-refractivity contribution in [3.05, 3.63) is 164 Å². The second kappa shape index (κ2) is 9.37. The van der Waals surface area contributed by atoms with Crippen molar-refractivity contribution in [3.63, 3.8) is 0 Å². The molecular weight excluding hydrogens is 522 g/mol. The first-order chi connectivity index (χ1) is 21.3. The maximum absolute atomic E-state index is 2.47. The highest BCUT2D eigenvalue weighted by molar-refractivity contribution is 6.16. The first-order valence-corrected chi connectivity index (χ1v) is 14.7. The fourth-order valence-electron chi connectivity index (χ4n) is 6.73. The minimum Gasteiger partial charge on any atom is -0.306 e. The molecule has 9 aromatic rings. The van der Waals surface area contributed by atoms with E-state index < -0.39 is 0 Å². The predicted molar refractivity (Wildman–Crippen MR) is 179 cm³/mol. The van der Waals surface area contributed by atoms with Gasteiger partial charge in [-0.05, 0) is 70.8 Å². The molecule has 0 saturated carbocycles. The van der Waals surface area contributed by atoms with Crippen molar-refractivity contribution >= 4 is 38.5 Å². The monoisotopic (exact) mass is 549 g/mol. The van der Waals surface area contributed by atoms with Gasteiger partial charge in [0, 0.05) is 28.3 Å². The normalized spacial score (nSPS) is 11.7. The smallest absolute Gasteiger partial charge is 0.147 e. The first kappa shape index (κ1) is 23.9. The van der Waals surface area contributed by atoms with E-state index in [1.165, 1.54) is 55.1 Å². The Balaban J connectivity index is 1.46. The van der Waals surface area contributed by atoms with Gasteiger partial charge in [0.1, 0.15) is 5.65 Å². The lowest BCUT2D eigenvalue weighted by molar-refractivity contribution is 1.12. The standard InChI is InChI=1S/C40H27N3/c1-4-14-28(15-5-1)30-24-31(29-16-6-2-7-17-29)26-33(25-30)42-36-21-11-10-20-34(36)35-27-41-37-22-12-13-23-38(37)43(40(41)39(35)42)32-18-8-3-9-19-32/h1-27H. The van der Waals surface area contributed by atoms with Crippen molar-refractivity contribution in [1.29, 1.82) is 0 Å². The molecular formula is C40H27N3. The van der Waals surface area contributed by atoms with Crippen LogP contribution in [0.25, 0.3) is 72.1 Å². The van der Waals surface area contributed by atoms with Crippen molar-refractivity contribution in [3.8, 4) is 33.6 Å². The summed E-state index contributed by atoms with van der Waals surface area (Å²) in [5.74, 6) is 0. The van der Waals surface area contributed by atoms with Crippen LogP contribution in [0.2, 0.25) is 0 Å². The van der Waals surface area contributed by atoms with Gasteiger partial charge in [-0.1, -0.05) is 109 Å². The highest BCUT2D eigenvalue weighted by Gasteiger charge is 2.23. The molecule has 0 unspecified atom stereocenters. The topological polar surface area (TPSA) is 14.3 Å². The van der Waals surface area contributed by atoms with Gasteiger partial charge >= 0.3 is 0 Å². The molecule has 202 valence electrons. The average molecular weight is 550 g/mol. The van der Waals surface area contributed by atoms with E-state index in [2.05, 4.69) is 177 Å². The van der Waals surface area contributed by atoms with Crippen molar-refractivity contribution < 1.29 is 0 Å². The molecule has 43 heavy (non-hydrogen) atoms. The summed E-state index contributed by atoms with van der Waals surface area (Å²) in [6, 6.07) is 56.6. The number of hydrogen-bond acceptors (Lipinski definition) is 0. The van der Waals surface area contributed by atoms with E-state index in [0.29, 0.717) is 0 Å². The highest BCUT2D eigenvalue weighted by atomic mass is 15.2. The third kappa shape index (κ3) is 3.62. The minimum atomic E-state index is 1.14. The second-order valence-corrected chi connectivity index (χ2v) is 11.1. The summed E-state index contributed by atoms with van der Waals surface area (Å²) in [6.07, 6.45) is 2.32. The molecule has 0 spiro atoms. The van der Waals surface area contributed by atoms with Gasteiger partial charge in [-0.25, -0.2) is 0 Å². The molecule has 0 bridgehead atoms. The zero-order valence-electron chi connectivity index (χ0n) is 23.4. The lowest BCUT2D eigenvalue weighted by atomic mass is 9.98. The van der Waals surface area contributed by atoms with Crippen LogP contribution in [0.5, 0.6) is 0 Å². The Morgan fingerprint density at radius 2 is 0.884 bits per heavy atom. The molecule has 3 nitrogen and oxygen atoms in total. The second-order valence-electron chi connectivity index (χ2n) is 11.1. The van der Waals surface area contributed by atoms with Crippen LogP contribution in [0.15, 0.2) is 164 Å². The number of aromatic nitrogens is 3. The Morgan fingerprint density at radius 1 is 0.349 bits per heavy atom. The van der Waals surface area contributed by atoms with Crippen LogP contribution in [0.4, 0.5) is 0 Å². The molecule has 3 heterocycles. The summed E-state index contributed by atoms with van der Waals surface area (Å²) in [7, 11) is 0. The Kier molecular flexibility index (Phi) is 5.20. The van der Waals surface area contributed by atoms with E-state index in [9.17, 15) is 0 Å². The van der Waals surface area contributed by atoms with Gasteiger partial charge in [0.15, 0.2) is 0 Å². The molecule has 6 aromatic carbocycles. The molecule has 0 radical (unpaired) electrons. The number of hydrogen-bond donors (Lipinski definition) is 0. The summed E-state index contributed by atoms with van der Waals surface area (Å²) >= 11 is 0. The Morgan fingerprint density at radius 3 is 1.53 bits per heavy atom. The third-order valence-electron chi connectivity index (χ3n) is 8.61. The Hall–Kier alpha value is -5.80. The van der Waals surface area contributed by atoms with Crippen molar-refractivity contribution in [2.75, 3.05) is 0 Å². The zero-order valence-corrected chi connectivity index (χ0v) is 23.4. The third-order valence-corrected chi connectivity index (χ3v) is 8.61. The van der Waals surface area contributed by atoms with Gasteiger partial charge in [0.25, 0.3) is 0 Å². The zero-order chi connectivity index (χ0) is 28.3. The number of nitrogens with zero attached hydrogens (tertiary/aromatic N) is 3. The molecule has 3 aromatic heterocycles. The lowest BCUT2D eigenvalue weighted by Crippen LogP contribution is -1.99. The van der Waals surface area contributed by atoms with Gasteiger partial charge in [-0.2, -0.15) is 0 Å². The summed E-state index contributed by atoms with van der Waals surface area (Å²) in [4.78, 5) is 0. The summed E-state index contributed by atoms with van der Waals surface area (Å²) in [6.45, 7) is 0.